The lowest BCUT2D eigenvalue weighted by molar-refractivity contribution is 0.0676. The number of ether oxygens (including phenoxy) is 1. The maximum Gasteiger partial charge on any atom is 0.180 e. The summed E-state index contributed by atoms with van der Waals surface area (Å²) in [6, 6.07) is 1.87. The van der Waals surface area contributed by atoms with Gasteiger partial charge in [-0.1, -0.05) is 0 Å². The molecule has 1 aliphatic heterocycles. The molecule has 9 heteroatoms. The number of imidazole rings is 1. The average molecular weight is 350 g/mol. The summed E-state index contributed by atoms with van der Waals surface area (Å²) in [4.78, 5) is 19.6. The van der Waals surface area contributed by atoms with Gasteiger partial charge in [-0.05, 0) is 6.07 Å². The molecule has 132 valence electrons. The summed E-state index contributed by atoms with van der Waals surface area (Å²) in [6.45, 7) is 1.82. The van der Waals surface area contributed by atoms with Crippen molar-refractivity contribution in [3.63, 3.8) is 0 Å². The molecule has 4 rings (SSSR count). The number of rotatable bonds is 4. The van der Waals surface area contributed by atoms with Gasteiger partial charge in [0.25, 0.3) is 0 Å². The fourth-order valence-electron chi connectivity index (χ4n) is 2.96. The molecule has 1 fully saturated rings. The molecular weight excluding hydrogens is 332 g/mol. The molecule has 0 spiro atoms. The zero-order valence-electron chi connectivity index (χ0n) is 14.0. The van der Waals surface area contributed by atoms with E-state index in [9.17, 15) is 0 Å². The van der Waals surface area contributed by atoms with E-state index in [0.29, 0.717) is 31.1 Å². The van der Waals surface area contributed by atoms with E-state index < -0.39 is 0 Å². The molecule has 3 aromatic rings. The second kappa shape index (κ2) is 6.89. The van der Waals surface area contributed by atoms with Crippen LogP contribution in [0.25, 0.3) is 17.2 Å². The van der Waals surface area contributed by atoms with Gasteiger partial charge in [0.1, 0.15) is 17.6 Å². The van der Waals surface area contributed by atoms with Crippen LogP contribution in [0.3, 0.4) is 0 Å². The van der Waals surface area contributed by atoms with Gasteiger partial charge in [0.05, 0.1) is 19.0 Å². The van der Waals surface area contributed by atoms with Crippen molar-refractivity contribution >= 4 is 17.7 Å². The predicted octanol–water partition coefficient (Wildman–Crippen LogP) is 0.884. The Morgan fingerprint density at radius 2 is 2.23 bits per heavy atom. The third kappa shape index (κ3) is 2.88. The highest BCUT2D eigenvalue weighted by molar-refractivity contribution is 5.77. The van der Waals surface area contributed by atoms with Crippen LogP contribution in [-0.2, 0) is 4.74 Å². The minimum atomic E-state index is -0.244. The van der Waals surface area contributed by atoms with Gasteiger partial charge in [0.15, 0.2) is 11.5 Å². The maximum absolute atomic E-state index is 7.46. The van der Waals surface area contributed by atoms with Crippen LogP contribution in [0.5, 0.6) is 0 Å². The molecule has 0 bridgehead atoms. The smallest absolute Gasteiger partial charge is 0.180 e. The van der Waals surface area contributed by atoms with Crippen LogP contribution in [-0.4, -0.2) is 56.4 Å². The Morgan fingerprint density at radius 3 is 3.08 bits per heavy atom. The molecule has 26 heavy (non-hydrogen) atoms. The summed E-state index contributed by atoms with van der Waals surface area (Å²) in [5.74, 6) is 1.39. The average Bonchev–Trinajstić information content (AvgIpc) is 3.13. The molecule has 9 nitrogen and oxygen atoms in total. The zero-order chi connectivity index (χ0) is 17.9. The number of aromatic nitrogens is 5. The normalized spacial score (nSPS) is 18.2. The zero-order valence-corrected chi connectivity index (χ0v) is 14.0. The van der Waals surface area contributed by atoms with E-state index in [1.807, 2.05) is 16.7 Å². The number of nitrogens with one attached hydrogen (secondary N) is 1. The summed E-state index contributed by atoms with van der Waals surface area (Å²) in [5.41, 5.74) is 7.78. The van der Waals surface area contributed by atoms with E-state index in [-0.39, 0.29) is 6.10 Å². The van der Waals surface area contributed by atoms with Gasteiger partial charge in [-0.3, -0.25) is 9.38 Å². The SMILES string of the molecule is N=C/C(=C\N)C1CN(c2ccnc(-c3cnc4cnccn34)n2)CCO1. The van der Waals surface area contributed by atoms with E-state index in [0.717, 1.165) is 17.2 Å². The molecule has 0 aliphatic carbocycles. The molecule has 1 unspecified atom stereocenters. The van der Waals surface area contributed by atoms with Crippen LogP contribution in [0, 0.1) is 5.41 Å². The van der Waals surface area contributed by atoms with Gasteiger partial charge in [-0.2, -0.15) is 0 Å². The van der Waals surface area contributed by atoms with Crippen LogP contribution >= 0.6 is 0 Å². The Balaban J connectivity index is 1.64. The van der Waals surface area contributed by atoms with Gasteiger partial charge in [0.2, 0.25) is 0 Å². The molecule has 4 heterocycles. The lowest BCUT2D eigenvalue weighted by Gasteiger charge is -2.34. The second-order valence-corrected chi connectivity index (χ2v) is 5.80. The Morgan fingerprint density at radius 1 is 1.31 bits per heavy atom. The third-order valence-electron chi connectivity index (χ3n) is 4.31. The molecule has 0 aromatic carbocycles. The largest absolute Gasteiger partial charge is 0.404 e. The Bertz CT molecular complexity index is 966. The number of morpholine rings is 1. The fraction of sp³-hybridized carbons (Fsp3) is 0.235. The summed E-state index contributed by atoms with van der Waals surface area (Å²) >= 11 is 0. The van der Waals surface area contributed by atoms with Crippen LogP contribution in [0.2, 0.25) is 0 Å². The van der Waals surface area contributed by atoms with E-state index in [4.69, 9.17) is 20.9 Å². The number of nitrogens with two attached hydrogens (primary N) is 1. The molecule has 0 saturated carbocycles. The van der Waals surface area contributed by atoms with E-state index in [1.54, 1.807) is 24.8 Å². The minimum absolute atomic E-state index is 0.244. The standard InChI is InChI=1S/C17H18N8O/c18-7-12(8-19)14-11-24(5-6-26-14)15-1-2-21-17(23-15)13-9-22-16-10-20-3-4-25(13)16/h1-4,7-10,14,18H,5-6,11,19H2/b12-8+,18-7?. The molecule has 3 N–H and O–H groups in total. The van der Waals surface area contributed by atoms with Crippen molar-refractivity contribution in [1.82, 2.24) is 24.3 Å². The van der Waals surface area contributed by atoms with Gasteiger partial charge >= 0.3 is 0 Å². The lowest BCUT2D eigenvalue weighted by atomic mass is 10.1. The van der Waals surface area contributed by atoms with Gasteiger partial charge in [-0.25, -0.2) is 15.0 Å². The lowest BCUT2D eigenvalue weighted by Crippen LogP contribution is -2.44. The fourth-order valence-corrected chi connectivity index (χ4v) is 2.96. The number of anilines is 1. The Hall–Kier alpha value is -3.33. The topological polar surface area (TPSA) is 118 Å². The van der Waals surface area contributed by atoms with E-state index in [1.165, 1.54) is 12.4 Å². The Labute approximate surface area is 149 Å². The van der Waals surface area contributed by atoms with Crippen molar-refractivity contribution in [2.75, 3.05) is 24.6 Å². The molecule has 0 radical (unpaired) electrons. The summed E-state index contributed by atoms with van der Waals surface area (Å²) in [7, 11) is 0. The summed E-state index contributed by atoms with van der Waals surface area (Å²) < 4.78 is 7.63. The Kier molecular flexibility index (Phi) is 4.28. The highest BCUT2D eigenvalue weighted by atomic mass is 16.5. The van der Waals surface area contributed by atoms with Gasteiger partial charge in [-0.15, -0.1) is 0 Å². The van der Waals surface area contributed by atoms with Crippen molar-refractivity contribution in [2.24, 2.45) is 5.73 Å². The van der Waals surface area contributed by atoms with Crippen molar-refractivity contribution in [2.45, 2.75) is 6.10 Å². The highest BCUT2D eigenvalue weighted by Gasteiger charge is 2.24. The summed E-state index contributed by atoms with van der Waals surface area (Å²) in [6.07, 6.45) is 11.1. The number of fused-ring (bicyclic) bond motifs is 1. The first-order chi connectivity index (χ1) is 12.8. The first-order valence-corrected chi connectivity index (χ1v) is 8.19. The van der Waals surface area contributed by atoms with Crippen LogP contribution < -0.4 is 10.6 Å². The van der Waals surface area contributed by atoms with Gasteiger partial charge < -0.3 is 20.8 Å². The monoisotopic (exact) mass is 350 g/mol. The first-order valence-electron chi connectivity index (χ1n) is 8.19. The van der Waals surface area contributed by atoms with Crippen LogP contribution in [0.15, 0.2) is 48.8 Å². The minimum Gasteiger partial charge on any atom is -0.404 e. The first kappa shape index (κ1) is 16.2. The molecule has 1 atom stereocenters. The molecule has 1 aliphatic rings. The highest BCUT2D eigenvalue weighted by Crippen LogP contribution is 2.22. The second-order valence-electron chi connectivity index (χ2n) is 5.80. The number of nitrogens with zero attached hydrogens (tertiary/aromatic N) is 6. The predicted molar refractivity (Wildman–Crippen MR) is 97.0 cm³/mol. The van der Waals surface area contributed by atoms with E-state index >= 15 is 0 Å². The van der Waals surface area contributed by atoms with Crippen molar-refractivity contribution in [3.05, 3.63) is 48.8 Å². The molecule has 3 aromatic heterocycles. The van der Waals surface area contributed by atoms with Crippen molar-refractivity contribution < 1.29 is 4.74 Å². The molecule has 0 amide bonds. The maximum atomic E-state index is 7.46. The number of hydrogen-bond acceptors (Lipinski definition) is 8. The van der Waals surface area contributed by atoms with Crippen molar-refractivity contribution in [3.8, 4) is 11.5 Å². The molecular formula is C17H18N8O. The van der Waals surface area contributed by atoms with Crippen molar-refractivity contribution in [1.29, 1.82) is 5.41 Å². The van der Waals surface area contributed by atoms with Crippen LogP contribution in [0.4, 0.5) is 5.82 Å². The number of hydrogen-bond donors (Lipinski definition) is 2. The van der Waals surface area contributed by atoms with E-state index in [2.05, 4.69) is 19.9 Å². The van der Waals surface area contributed by atoms with Gasteiger partial charge in [0, 0.05) is 49.7 Å². The van der Waals surface area contributed by atoms with Crippen LogP contribution in [0.1, 0.15) is 0 Å². The molecule has 1 saturated heterocycles. The quantitative estimate of drug-likeness (QED) is 0.671. The third-order valence-corrected chi connectivity index (χ3v) is 4.31. The summed E-state index contributed by atoms with van der Waals surface area (Å²) in [5, 5.41) is 7.46.